The van der Waals surface area contributed by atoms with Crippen LogP contribution >= 0.6 is 11.6 Å². The lowest BCUT2D eigenvalue weighted by molar-refractivity contribution is -0.126. The third-order valence-electron chi connectivity index (χ3n) is 9.45. The lowest BCUT2D eigenvalue weighted by atomic mass is 9.66. The van der Waals surface area contributed by atoms with Crippen molar-refractivity contribution in [3.05, 3.63) is 64.7 Å². The molecule has 4 aliphatic rings. The van der Waals surface area contributed by atoms with Crippen molar-refractivity contribution < 1.29 is 26.7 Å². The normalized spacial score (nSPS) is 31.5. The van der Waals surface area contributed by atoms with E-state index in [1.165, 1.54) is 29.3 Å². The van der Waals surface area contributed by atoms with Gasteiger partial charge in [0.15, 0.2) is 0 Å². The first-order valence-electron chi connectivity index (χ1n) is 14.4. The van der Waals surface area contributed by atoms with Gasteiger partial charge >= 0.3 is 0 Å². The number of hydrogen-bond donors (Lipinski definition) is 1. The highest BCUT2D eigenvalue weighted by molar-refractivity contribution is 7.90. The van der Waals surface area contributed by atoms with Gasteiger partial charge in [-0.05, 0) is 91.3 Å². The third kappa shape index (κ3) is 5.59. The van der Waals surface area contributed by atoms with Gasteiger partial charge in [-0.1, -0.05) is 36.7 Å². The van der Waals surface area contributed by atoms with Crippen LogP contribution in [0, 0.1) is 17.8 Å². The minimum absolute atomic E-state index is 0.104. The summed E-state index contributed by atoms with van der Waals surface area (Å²) in [7, 11) is -4.38. The van der Waals surface area contributed by atoms with Crippen molar-refractivity contribution >= 4 is 33.2 Å². The summed E-state index contributed by atoms with van der Waals surface area (Å²) in [4.78, 5) is 14.5. The van der Waals surface area contributed by atoms with Crippen molar-refractivity contribution in [3.63, 3.8) is 0 Å². The van der Waals surface area contributed by atoms with E-state index in [1.54, 1.807) is 6.07 Å². The van der Waals surface area contributed by atoms with Crippen LogP contribution in [0.5, 0.6) is 5.75 Å². The Kier molecular flexibility index (Phi) is 7.34. The van der Waals surface area contributed by atoms with E-state index in [0.717, 1.165) is 32.1 Å². The summed E-state index contributed by atoms with van der Waals surface area (Å²) in [5, 5.41) is 0.706. The summed E-state index contributed by atoms with van der Waals surface area (Å²) in [6.07, 6.45) is 6.32. The number of sulfonamides is 1. The molecule has 2 aliphatic heterocycles. The number of rotatable bonds is 0. The molecular weight excluding hydrogens is 570 g/mol. The number of alkyl halides is 2. The molecule has 0 aromatic heterocycles. The number of nitrogens with zero attached hydrogens (tertiary/aromatic N) is 1. The van der Waals surface area contributed by atoms with Crippen molar-refractivity contribution in [2.45, 2.75) is 68.1 Å². The van der Waals surface area contributed by atoms with Gasteiger partial charge in [-0.3, -0.25) is 4.79 Å². The molecule has 2 aliphatic carbocycles. The number of benzene rings is 2. The molecule has 1 fully saturated rings. The molecule has 2 aromatic rings. The quantitative estimate of drug-likeness (QED) is 0.359. The van der Waals surface area contributed by atoms with Crippen LogP contribution in [0.2, 0.25) is 5.02 Å². The summed E-state index contributed by atoms with van der Waals surface area (Å²) in [5.74, 6) is -3.26. The second-order valence-corrected chi connectivity index (χ2v) is 14.4. The van der Waals surface area contributed by atoms with Gasteiger partial charge in [0, 0.05) is 29.9 Å². The fourth-order valence-electron chi connectivity index (χ4n) is 7.21. The molecule has 2 heterocycles. The van der Waals surface area contributed by atoms with Crippen molar-refractivity contribution in [3.8, 4) is 5.75 Å². The summed E-state index contributed by atoms with van der Waals surface area (Å²) >= 11 is 6.36. The van der Waals surface area contributed by atoms with Crippen LogP contribution in [0.15, 0.2) is 53.4 Å². The fraction of sp³-hybridized carbons (Fsp3) is 0.516. The van der Waals surface area contributed by atoms with Gasteiger partial charge in [-0.2, -0.15) is 0 Å². The molecule has 0 unspecified atom stereocenters. The number of allylic oxidation sites excluding steroid dienone is 2. The van der Waals surface area contributed by atoms with Crippen LogP contribution in [0.3, 0.4) is 0 Å². The maximum absolute atomic E-state index is 14.5. The average Bonchev–Trinajstić information content (AvgIpc) is 3.02. The van der Waals surface area contributed by atoms with Gasteiger partial charge in [0.2, 0.25) is 5.91 Å². The number of hydrogen-bond acceptors (Lipinski definition) is 5. The highest BCUT2D eigenvalue weighted by atomic mass is 35.5. The molecule has 1 N–H and O–H groups in total. The van der Waals surface area contributed by atoms with Crippen LogP contribution in [-0.4, -0.2) is 39.9 Å². The van der Waals surface area contributed by atoms with Crippen LogP contribution in [0.4, 0.5) is 14.5 Å². The zero-order valence-electron chi connectivity index (χ0n) is 23.0. The first kappa shape index (κ1) is 28.5. The number of ether oxygens (including phenoxy) is 1. The van der Waals surface area contributed by atoms with Gasteiger partial charge in [0.05, 0.1) is 23.6 Å². The molecule has 10 heteroatoms. The molecule has 1 spiro atoms. The highest BCUT2D eigenvalue weighted by Crippen LogP contribution is 2.47. The Morgan fingerprint density at radius 1 is 1.15 bits per heavy atom. The first-order chi connectivity index (χ1) is 19.4. The van der Waals surface area contributed by atoms with E-state index >= 15 is 0 Å². The molecule has 2 aromatic carbocycles. The molecule has 4 atom stereocenters. The summed E-state index contributed by atoms with van der Waals surface area (Å²) in [6.45, 7) is 3.84. The van der Waals surface area contributed by atoms with Crippen LogP contribution in [-0.2, 0) is 26.7 Å². The van der Waals surface area contributed by atoms with Gasteiger partial charge in [-0.15, -0.1) is 0 Å². The SMILES string of the molecule is C[C@H]1/C=C/CC(F)(F)CC(=O)NS(=O)(=O)c2ccc3c(c2)N(C[C@@H]2CC[C@H]21)C[C@@]1(CCCc2cc(Cl)ccc21)CO3. The number of halogens is 3. The highest BCUT2D eigenvalue weighted by Gasteiger charge is 2.44. The smallest absolute Gasteiger partial charge is 0.264 e. The topological polar surface area (TPSA) is 75.7 Å². The lowest BCUT2D eigenvalue weighted by Crippen LogP contribution is -2.49. The van der Waals surface area contributed by atoms with Crippen molar-refractivity contribution in [2.24, 2.45) is 17.8 Å². The first-order valence-corrected chi connectivity index (χ1v) is 16.2. The molecule has 1 saturated carbocycles. The monoisotopic (exact) mass is 604 g/mol. The zero-order chi connectivity index (χ0) is 29.0. The maximum atomic E-state index is 14.5. The van der Waals surface area contributed by atoms with Crippen LogP contribution < -0.4 is 14.4 Å². The Balaban J connectivity index is 1.43. The number of nitrogens with one attached hydrogen (secondary N) is 1. The molecule has 6 rings (SSSR count). The fourth-order valence-corrected chi connectivity index (χ4v) is 8.41. The Hall–Kier alpha value is -2.65. The number of anilines is 1. The van der Waals surface area contributed by atoms with Gasteiger partial charge in [-0.25, -0.2) is 21.9 Å². The molecule has 1 amide bonds. The van der Waals surface area contributed by atoms with Crippen molar-refractivity contribution in [2.75, 3.05) is 24.6 Å². The Morgan fingerprint density at radius 3 is 2.76 bits per heavy atom. The second kappa shape index (κ2) is 10.6. The van der Waals surface area contributed by atoms with Crippen molar-refractivity contribution in [1.29, 1.82) is 0 Å². The predicted octanol–water partition coefficient (Wildman–Crippen LogP) is 6.27. The third-order valence-corrected chi connectivity index (χ3v) is 11.1. The molecule has 0 radical (unpaired) electrons. The van der Waals surface area contributed by atoms with E-state index in [0.29, 0.717) is 48.0 Å². The molecule has 6 nitrogen and oxygen atoms in total. The molecule has 0 saturated heterocycles. The van der Waals surface area contributed by atoms with E-state index in [4.69, 9.17) is 16.3 Å². The van der Waals surface area contributed by atoms with Gasteiger partial charge < -0.3 is 9.64 Å². The largest absolute Gasteiger partial charge is 0.490 e. The van der Waals surface area contributed by atoms with Crippen molar-refractivity contribution in [1.82, 2.24) is 4.72 Å². The number of carbonyl (C=O) groups excluding carboxylic acids is 1. The number of fused-ring (bicyclic) bond motifs is 4. The maximum Gasteiger partial charge on any atom is 0.264 e. The molecule has 220 valence electrons. The predicted molar refractivity (Wildman–Crippen MR) is 154 cm³/mol. The van der Waals surface area contributed by atoms with E-state index in [9.17, 15) is 22.0 Å². The summed E-state index contributed by atoms with van der Waals surface area (Å²) in [5.41, 5.74) is 2.78. The van der Waals surface area contributed by atoms with E-state index in [-0.39, 0.29) is 16.2 Å². The van der Waals surface area contributed by atoms with Gasteiger partial charge in [0.1, 0.15) is 5.75 Å². The standard InChI is InChI=1S/C31H35ClF2N2O4S/c1-20-4-2-13-31(33,34)16-29(37)35-41(38,39)24-8-11-28-27(15-24)36(17-22-6-9-25(20)22)18-30(19-40-28)12-3-5-21-14-23(32)7-10-26(21)30/h2,4,7-8,10-11,14-15,20,22,25H,3,5-6,9,12-13,16-19H2,1H3,(H,35,37)/b4-2+/t20-,22-,25-,30-/m0/s1. The second-order valence-electron chi connectivity index (χ2n) is 12.3. The van der Waals surface area contributed by atoms with Gasteiger partial charge in [0.25, 0.3) is 15.9 Å². The Bertz CT molecular complexity index is 1500. The van der Waals surface area contributed by atoms with E-state index in [2.05, 4.69) is 17.9 Å². The average molecular weight is 605 g/mol. The lowest BCUT2D eigenvalue weighted by Gasteiger charge is -2.46. The molecule has 41 heavy (non-hydrogen) atoms. The van der Waals surface area contributed by atoms with Crippen LogP contribution in [0.25, 0.3) is 0 Å². The minimum atomic E-state index is -4.38. The van der Waals surface area contributed by atoms with E-state index in [1.807, 2.05) is 22.9 Å². The van der Waals surface area contributed by atoms with E-state index < -0.39 is 34.7 Å². The zero-order valence-corrected chi connectivity index (χ0v) is 24.6. The number of aryl methyl sites for hydroxylation is 1. The molecule has 2 bridgehead atoms. The molecular formula is C31H35ClF2N2O4S. The Labute approximate surface area is 245 Å². The number of amides is 1. The van der Waals surface area contributed by atoms with Crippen LogP contribution in [0.1, 0.15) is 56.6 Å². The summed E-state index contributed by atoms with van der Waals surface area (Å²) < 4.78 is 63.7. The Morgan fingerprint density at radius 2 is 1.98 bits per heavy atom. The number of carbonyl (C=O) groups is 1. The summed E-state index contributed by atoms with van der Waals surface area (Å²) in [6, 6.07) is 10.6. The minimum Gasteiger partial charge on any atom is -0.490 e.